The predicted molar refractivity (Wildman–Crippen MR) is 77.8 cm³/mol. The van der Waals surface area contributed by atoms with Gasteiger partial charge in [-0.2, -0.15) is 0 Å². The van der Waals surface area contributed by atoms with Crippen molar-refractivity contribution in [2.75, 3.05) is 5.32 Å². The Kier molecular flexibility index (Phi) is 3.56. The van der Waals surface area contributed by atoms with Gasteiger partial charge >= 0.3 is 0 Å². The summed E-state index contributed by atoms with van der Waals surface area (Å²) in [7, 11) is 0. The molecule has 0 aliphatic heterocycles. The van der Waals surface area contributed by atoms with Crippen LogP contribution < -0.4 is 5.32 Å². The summed E-state index contributed by atoms with van der Waals surface area (Å²) in [6.07, 6.45) is 0. The van der Waals surface area contributed by atoms with E-state index in [-0.39, 0.29) is 6.04 Å². The van der Waals surface area contributed by atoms with Crippen molar-refractivity contribution in [3.63, 3.8) is 0 Å². The standard InChI is InChI=1S/C16H21NO2/c1-9-7-16(18)10(2)6-15(9)17-12(4)14-8-11(3)19-13(14)5/h6-8,12,17-18H,1-5H3. The first-order chi connectivity index (χ1) is 8.88. The number of nitrogens with one attached hydrogen (secondary N) is 1. The second kappa shape index (κ2) is 5.00. The van der Waals surface area contributed by atoms with Gasteiger partial charge in [0.15, 0.2) is 0 Å². The molecule has 0 spiro atoms. The Morgan fingerprint density at radius 3 is 2.32 bits per heavy atom. The van der Waals surface area contributed by atoms with E-state index in [1.54, 1.807) is 6.07 Å². The highest BCUT2D eigenvalue weighted by molar-refractivity contribution is 5.57. The molecule has 0 aliphatic carbocycles. The van der Waals surface area contributed by atoms with Crippen molar-refractivity contribution in [1.82, 2.24) is 0 Å². The van der Waals surface area contributed by atoms with Crippen LogP contribution in [0.15, 0.2) is 22.6 Å². The largest absolute Gasteiger partial charge is 0.508 e. The summed E-state index contributed by atoms with van der Waals surface area (Å²) in [6.45, 7) is 9.94. The fourth-order valence-electron chi connectivity index (χ4n) is 2.35. The summed E-state index contributed by atoms with van der Waals surface area (Å²) in [5, 5.41) is 13.2. The van der Waals surface area contributed by atoms with Crippen molar-refractivity contribution in [2.24, 2.45) is 0 Å². The molecule has 1 heterocycles. The molecule has 0 bridgehead atoms. The number of phenols is 1. The zero-order valence-electron chi connectivity index (χ0n) is 12.2. The number of hydrogen-bond acceptors (Lipinski definition) is 3. The van der Waals surface area contributed by atoms with Crippen molar-refractivity contribution < 1.29 is 9.52 Å². The molecule has 1 unspecified atom stereocenters. The van der Waals surface area contributed by atoms with Gasteiger partial charge in [-0.3, -0.25) is 0 Å². The topological polar surface area (TPSA) is 45.4 Å². The number of aromatic hydroxyl groups is 1. The lowest BCUT2D eigenvalue weighted by Crippen LogP contribution is -2.08. The molecule has 3 heteroatoms. The minimum atomic E-state index is 0.167. The van der Waals surface area contributed by atoms with Gasteiger partial charge in [0.2, 0.25) is 0 Å². The van der Waals surface area contributed by atoms with E-state index in [4.69, 9.17) is 4.42 Å². The summed E-state index contributed by atoms with van der Waals surface area (Å²) in [5.41, 5.74) is 4.12. The second-order valence-electron chi connectivity index (χ2n) is 5.19. The average molecular weight is 259 g/mol. The Labute approximate surface area is 114 Å². The first kappa shape index (κ1) is 13.5. The van der Waals surface area contributed by atoms with Gasteiger partial charge in [-0.25, -0.2) is 0 Å². The Hall–Kier alpha value is -1.90. The highest BCUT2D eigenvalue weighted by Crippen LogP contribution is 2.29. The maximum atomic E-state index is 9.68. The molecule has 1 aromatic heterocycles. The summed E-state index contributed by atoms with van der Waals surface area (Å²) < 4.78 is 5.57. The van der Waals surface area contributed by atoms with Crippen LogP contribution in [0.25, 0.3) is 0 Å². The van der Waals surface area contributed by atoms with Gasteiger partial charge in [0.25, 0.3) is 0 Å². The van der Waals surface area contributed by atoms with Crippen LogP contribution in [0.1, 0.15) is 41.2 Å². The van der Waals surface area contributed by atoms with Gasteiger partial charge < -0.3 is 14.8 Å². The minimum Gasteiger partial charge on any atom is -0.508 e. The first-order valence-corrected chi connectivity index (χ1v) is 6.52. The van der Waals surface area contributed by atoms with Gasteiger partial charge in [-0.15, -0.1) is 0 Å². The Morgan fingerprint density at radius 1 is 1.05 bits per heavy atom. The molecule has 102 valence electrons. The number of rotatable bonds is 3. The maximum Gasteiger partial charge on any atom is 0.118 e. The van der Waals surface area contributed by atoms with Crippen molar-refractivity contribution in [2.45, 2.75) is 40.7 Å². The molecule has 0 fully saturated rings. The third-order valence-electron chi connectivity index (χ3n) is 3.46. The molecule has 2 N–H and O–H groups in total. The monoisotopic (exact) mass is 259 g/mol. The van der Waals surface area contributed by atoms with E-state index in [1.807, 2.05) is 33.8 Å². The molecule has 3 nitrogen and oxygen atoms in total. The quantitative estimate of drug-likeness (QED) is 0.803. The third-order valence-corrected chi connectivity index (χ3v) is 3.46. The van der Waals surface area contributed by atoms with Crippen LogP contribution in [0, 0.1) is 27.7 Å². The van der Waals surface area contributed by atoms with Gasteiger partial charge in [-0.05, 0) is 63.9 Å². The van der Waals surface area contributed by atoms with Crippen LogP contribution >= 0.6 is 0 Å². The van der Waals surface area contributed by atoms with E-state index < -0.39 is 0 Å². The molecule has 1 atom stereocenters. The Balaban J connectivity index is 2.26. The van der Waals surface area contributed by atoms with Crippen LogP contribution in [0.5, 0.6) is 5.75 Å². The number of phenolic OH excluding ortho intramolecular Hbond substituents is 1. The Bertz CT molecular complexity index is 599. The molecule has 0 radical (unpaired) electrons. The molecule has 0 aliphatic rings. The van der Waals surface area contributed by atoms with Crippen molar-refractivity contribution >= 4 is 5.69 Å². The molecular weight excluding hydrogens is 238 g/mol. The predicted octanol–water partition coefficient (Wildman–Crippen LogP) is 4.39. The molecule has 0 amide bonds. The normalized spacial score (nSPS) is 12.5. The van der Waals surface area contributed by atoms with Gasteiger partial charge in [0.1, 0.15) is 17.3 Å². The number of hydrogen-bond donors (Lipinski definition) is 2. The second-order valence-corrected chi connectivity index (χ2v) is 5.19. The van der Waals surface area contributed by atoms with Gasteiger partial charge in [0, 0.05) is 11.3 Å². The minimum absolute atomic E-state index is 0.167. The van der Waals surface area contributed by atoms with Crippen LogP contribution in [0.3, 0.4) is 0 Å². The van der Waals surface area contributed by atoms with E-state index in [1.165, 1.54) is 5.56 Å². The van der Waals surface area contributed by atoms with Crippen molar-refractivity contribution in [1.29, 1.82) is 0 Å². The van der Waals surface area contributed by atoms with Gasteiger partial charge in [-0.1, -0.05) is 0 Å². The molecule has 19 heavy (non-hydrogen) atoms. The summed E-state index contributed by atoms with van der Waals surface area (Å²) in [4.78, 5) is 0. The third kappa shape index (κ3) is 2.75. The fraction of sp³-hybridized carbons (Fsp3) is 0.375. The van der Waals surface area contributed by atoms with Gasteiger partial charge in [0.05, 0.1) is 6.04 Å². The zero-order chi connectivity index (χ0) is 14.2. The van der Waals surface area contributed by atoms with E-state index in [0.29, 0.717) is 5.75 Å². The SMILES string of the molecule is Cc1cc(C(C)Nc2cc(C)c(O)cc2C)c(C)o1. The van der Waals surface area contributed by atoms with Crippen LogP contribution in [-0.2, 0) is 0 Å². The van der Waals surface area contributed by atoms with E-state index in [2.05, 4.69) is 18.3 Å². The first-order valence-electron chi connectivity index (χ1n) is 6.52. The molecule has 2 rings (SSSR count). The Morgan fingerprint density at radius 2 is 1.74 bits per heavy atom. The lowest BCUT2D eigenvalue weighted by Gasteiger charge is -2.17. The summed E-state index contributed by atoms with van der Waals surface area (Å²) in [6, 6.07) is 6.00. The number of aryl methyl sites for hydroxylation is 4. The van der Waals surface area contributed by atoms with Crippen LogP contribution in [0.2, 0.25) is 0 Å². The van der Waals surface area contributed by atoms with E-state index in [0.717, 1.165) is 28.3 Å². The maximum absolute atomic E-state index is 9.68. The van der Waals surface area contributed by atoms with Crippen molar-refractivity contribution in [3.05, 3.63) is 46.4 Å². The highest BCUT2D eigenvalue weighted by atomic mass is 16.3. The zero-order valence-corrected chi connectivity index (χ0v) is 12.2. The molecular formula is C16H21NO2. The average Bonchev–Trinajstić information content (AvgIpc) is 2.65. The molecule has 1 aromatic carbocycles. The van der Waals surface area contributed by atoms with E-state index in [9.17, 15) is 5.11 Å². The lowest BCUT2D eigenvalue weighted by molar-refractivity contribution is 0.470. The van der Waals surface area contributed by atoms with E-state index >= 15 is 0 Å². The molecule has 0 saturated carbocycles. The summed E-state index contributed by atoms with van der Waals surface area (Å²) in [5.74, 6) is 2.22. The smallest absolute Gasteiger partial charge is 0.118 e. The lowest BCUT2D eigenvalue weighted by atomic mass is 10.1. The summed E-state index contributed by atoms with van der Waals surface area (Å²) >= 11 is 0. The van der Waals surface area contributed by atoms with Crippen molar-refractivity contribution in [3.8, 4) is 5.75 Å². The number of furan rings is 1. The number of anilines is 1. The van der Waals surface area contributed by atoms with Crippen LogP contribution in [-0.4, -0.2) is 5.11 Å². The molecule has 0 saturated heterocycles. The molecule has 2 aromatic rings. The number of benzene rings is 1. The van der Waals surface area contributed by atoms with Crippen LogP contribution in [0.4, 0.5) is 5.69 Å². The highest BCUT2D eigenvalue weighted by Gasteiger charge is 2.14. The fourth-order valence-corrected chi connectivity index (χ4v) is 2.35.